The van der Waals surface area contributed by atoms with Gasteiger partial charge in [0.05, 0.1) is 43.4 Å². The Labute approximate surface area is 311 Å². The number of nitriles is 1. The van der Waals surface area contributed by atoms with Gasteiger partial charge < -0.3 is 24.2 Å². The Bertz CT molecular complexity index is 2010. The van der Waals surface area contributed by atoms with E-state index in [1.807, 2.05) is 62.4 Å². The van der Waals surface area contributed by atoms with Crippen molar-refractivity contribution >= 4 is 28.4 Å². The lowest BCUT2D eigenvalue weighted by molar-refractivity contribution is 0.0581. The van der Waals surface area contributed by atoms with E-state index < -0.39 is 6.09 Å². The number of hydrogen-bond acceptors (Lipinski definition) is 9. The van der Waals surface area contributed by atoms with Crippen molar-refractivity contribution in [3.8, 4) is 12.1 Å². The minimum atomic E-state index is -0.416. The van der Waals surface area contributed by atoms with Crippen molar-refractivity contribution in [2.45, 2.75) is 77.6 Å². The number of aromatic nitrogens is 2. The molecule has 8 rings (SSSR count). The van der Waals surface area contributed by atoms with Crippen molar-refractivity contribution in [2.75, 3.05) is 55.7 Å². The lowest BCUT2D eigenvalue weighted by Crippen LogP contribution is -2.60. The predicted octanol–water partition coefficient (Wildman–Crippen LogP) is 7.02. The summed E-state index contributed by atoms with van der Waals surface area (Å²) in [5, 5.41) is 11.8. The highest BCUT2D eigenvalue weighted by Crippen LogP contribution is 2.47. The number of carbonyl (C=O) groups excluding carboxylic acids is 1. The number of piperazine rings is 1. The number of nitrogens with zero attached hydrogens (tertiary/aromatic N) is 7. The molecule has 4 heterocycles. The van der Waals surface area contributed by atoms with E-state index in [9.17, 15) is 14.4 Å². The van der Waals surface area contributed by atoms with Crippen molar-refractivity contribution in [1.29, 1.82) is 5.26 Å². The molecule has 2 atom stereocenters. The summed E-state index contributed by atoms with van der Waals surface area (Å²) in [6.07, 6.45) is 5.24. The Morgan fingerprint density at radius 1 is 1.00 bits per heavy atom. The molecule has 4 aromatic rings. The first kappa shape index (κ1) is 35.1. The molecule has 53 heavy (non-hydrogen) atoms. The molecular formula is C42H48FN7O3. The summed E-state index contributed by atoms with van der Waals surface area (Å²) in [5.74, 6) is 0.594. The summed E-state index contributed by atoms with van der Waals surface area (Å²) < 4.78 is 27.2. The number of benzene rings is 3. The first-order valence-electron chi connectivity index (χ1n) is 19.1. The Morgan fingerprint density at radius 2 is 1.81 bits per heavy atom. The Morgan fingerprint density at radius 3 is 2.58 bits per heavy atom. The third-order valence-electron chi connectivity index (χ3n) is 11.6. The van der Waals surface area contributed by atoms with E-state index >= 15 is 0 Å². The van der Waals surface area contributed by atoms with Crippen LogP contribution in [0, 0.1) is 29.5 Å². The summed E-state index contributed by atoms with van der Waals surface area (Å²) in [6.45, 7) is 10.1. The zero-order valence-electron chi connectivity index (χ0n) is 30.8. The van der Waals surface area contributed by atoms with Crippen molar-refractivity contribution in [2.24, 2.45) is 5.41 Å². The van der Waals surface area contributed by atoms with Gasteiger partial charge in [-0.3, -0.25) is 4.90 Å². The second-order valence-corrected chi connectivity index (χ2v) is 15.5. The lowest BCUT2D eigenvalue weighted by Gasteiger charge is -2.45. The van der Waals surface area contributed by atoms with Crippen LogP contribution in [0.4, 0.5) is 20.7 Å². The van der Waals surface area contributed by atoms with Gasteiger partial charge in [0, 0.05) is 48.2 Å². The topological polar surface area (TPSA) is 98.1 Å². The van der Waals surface area contributed by atoms with Gasteiger partial charge in [0.1, 0.15) is 18.2 Å². The molecule has 0 spiro atoms. The average molecular weight is 718 g/mol. The summed E-state index contributed by atoms with van der Waals surface area (Å²) in [6, 6.07) is 21.2. The van der Waals surface area contributed by atoms with Crippen LogP contribution in [0.15, 0.2) is 60.7 Å². The molecule has 276 valence electrons. The molecule has 0 N–H and O–H groups in total. The van der Waals surface area contributed by atoms with Crippen LogP contribution in [0.1, 0.15) is 61.4 Å². The largest absolute Gasteiger partial charge is 0.463 e. The fraction of sp³-hybridized carbons (Fsp3) is 0.476. The lowest BCUT2D eigenvalue weighted by atomic mass is 9.98. The number of halogens is 1. The smallest absolute Gasteiger partial charge is 0.410 e. The van der Waals surface area contributed by atoms with Crippen molar-refractivity contribution < 1.29 is 18.7 Å². The second-order valence-electron chi connectivity index (χ2n) is 15.5. The quantitative estimate of drug-likeness (QED) is 0.171. The maximum atomic E-state index is 14.9. The van der Waals surface area contributed by atoms with E-state index in [0.29, 0.717) is 50.8 Å². The minimum Gasteiger partial charge on any atom is -0.463 e. The molecular weight excluding hydrogens is 670 g/mol. The van der Waals surface area contributed by atoms with Gasteiger partial charge in [0.25, 0.3) is 0 Å². The van der Waals surface area contributed by atoms with Crippen LogP contribution in [0.3, 0.4) is 0 Å². The number of carbonyl (C=O) groups is 1. The minimum absolute atomic E-state index is 0.137. The maximum absolute atomic E-state index is 14.9. The number of likely N-dealkylation sites (tertiary alicyclic amines) is 1. The molecule has 1 aliphatic carbocycles. The number of hydrogen-bond donors (Lipinski definition) is 0. The molecule has 1 saturated carbocycles. The van der Waals surface area contributed by atoms with E-state index in [1.54, 1.807) is 4.90 Å². The van der Waals surface area contributed by atoms with E-state index in [1.165, 1.54) is 18.9 Å². The van der Waals surface area contributed by atoms with Crippen molar-refractivity contribution in [3.63, 3.8) is 0 Å². The number of amides is 1. The number of ether oxygens (including phenoxy) is 2. The van der Waals surface area contributed by atoms with Gasteiger partial charge in [0.15, 0.2) is 0 Å². The zero-order chi connectivity index (χ0) is 36.5. The fourth-order valence-corrected chi connectivity index (χ4v) is 8.60. The zero-order valence-corrected chi connectivity index (χ0v) is 30.8. The molecule has 0 bridgehead atoms. The SMILES string of the molecule is Cc1c(F)ccc2cccc(N3CCc4c(nc(OCC5(CN6CCCC6)CC5)nc4N4C[C@H](CC#N)N(C(=O)OCc5ccccc5)[C@H](C)C4)C3)c12. The number of rotatable bonds is 10. The summed E-state index contributed by atoms with van der Waals surface area (Å²) in [4.78, 5) is 32.5. The predicted molar refractivity (Wildman–Crippen MR) is 202 cm³/mol. The summed E-state index contributed by atoms with van der Waals surface area (Å²) in [7, 11) is 0. The molecule has 1 aromatic heterocycles. The highest BCUT2D eigenvalue weighted by atomic mass is 19.1. The van der Waals surface area contributed by atoms with Gasteiger partial charge in [-0.15, -0.1) is 0 Å². The van der Waals surface area contributed by atoms with E-state index in [-0.39, 0.29) is 36.3 Å². The molecule has 1 amide bonds. The Hall–Kier alpha value is -4.95. The highest BCUT2D eigenvalue weighted by Gasteiger charge is 2.45. The molecule has 3 fully saturated rings. The average Bonchev–Trinajstić information content (AvgIpc) is 3.75. The van der Waals surface area contributed by atoms with Gasteiger partial charge in [-0.05, 0) is 87.7 Å². The van der Waals surface area contributed by atoms with Crippen LogP contribution in [-0.2, 0) is 24.3 Å². The maximum Gasteiger partial charge on any atom is 0.410 e. The summed E-state index contributed by atoms with van der Waals surface area (Å²) >= 11 is 0. The number of aryl methyl sites for hydroxylation is 1. The van der Waals surface area contributed by atoms with E-state index in [4.69, 9.17) is 19.4 Å². The highest BCUT2D eigenvalue weighted by molar-refractivity contribution is 5.97. The second kappa shape index (κ2) is 14.8. The van der Waals surface area contributed by atoms with E-state index in [0.717, 1.165) is 71.6 Å². The molecule has 11 heteroatoms. The van der Waals surface area contributed by atoms with Gasteiger partial charge in [-0.1, -0.05) is 48.5 Å². The Balaban J connectivity index is 1.09. The van der Waals surface area contributed by atoms with E-state index in [2.05, 4.69) is 26.8 Å². The number of fused-ring (bicyclic) bond motifs is 2. The molecule has 0 radical (unpaired) electrons. The van der Waals surface area contributed by atoms with Crippen LogP contribution >= 0.6 is 0 Å². The van der Waals surface area contributed by atoms with Gasteiger partial charge in [0.2, 0.25) is 0 Å². The fourth-order valence-electron chi connectivity index (χ4n) is 8.60. The molecule has 0 unspecified atom stereocenters. The van der Waals surface area contributed by atoms with Crippen molar-refractivity contribution in [3.05, 3.63) is 88.9 Å². The van der Waals surface area contributed by atoms with Crippen LogP contribution in [0.25, 0.3) is 10.8 Å². The van der Waals surface area contributed by atoms with Gasteiger partial charge in [-0.2, -0.15) is 15.2 Å². The van der Waals surface area contributed by atoms with Crippen LogP contribution < -0.4 is 14.5 Å². The monoisotopic (exact) mass is 717 g/mol. The molecule has 3 aromatic carbocycles. The first-order chi connectivity index (χ1) is 25.8. The van der Waals surface area contributed by atoms with Crippen LogP contribution in [0.2, 0.25) is 0 Å². The Kier molecular flexibility index (Phi) is 9.81. The van der Waals surface area contributed by atoms with Crippen molar-refractivity contribution in [1.82, 2.24) is 19.8 Å². The molecule has 4 aliphatic rings. The van der Waals surface area contributed by atoms with Crippen LogP contribution in [-0.4, -0.2) is 83.8 Å². The summed E-state index contributed by atoms with van der Waals surface area (Å²) in [5.41, 5.74) is 4.62. The first-order valence-corrected chi connectivity index (χ1v) is 19.1. The molecule has 2 saturated heterocycles. The normalized spacial score (nSPS) is 21.0. The third-order valence-corrected chi connectivity index (χ3v) is 11.6. The number of anilines is 2. The van der Waals surface area contributed by atoms with Gasteiger partial charge in [-0.25, -0.2) is 9.18 Å². The molecule has 3 aliphatic heterocycles. The van der Waals surface area contributed by atoms with Gasteiger partial charge >= 0.3 is 12.1 Å². The van der Waals surface area contributed by atoms with Crippen LogP contribution in [0.5, 0.6) is 6.01 Å². The molecule has 10 nitrogen and oxygen atoms in total. The standard InChI is InChI=1S/C42H48FN7O3/c1-29-23-49(24-33(15-19-44)50(29)41(51)52-26-31-9-4-3-5-10-31)39-34-16-22-48(37-12-8-11-32-13-14-35(43)30(2)38(32)37)25-36(34)45-40(46-39)53-28-42(17-18-42)27-47-20-6-7-21-47/h3-5,8-14,29,33H,6-7,15-18,20-28H2,1-2H3/t29-,33+/m1/s1. The third kappa shape index (κ3) is 7.34.